The molecular weight excluding hydrogens is 264 g/mol. The smallest absolute Gasteiger partial charge is 0.119 e. The van der Waals surface area contributed by atoms with Crippen LogP contribution in [0.15, 0.2) is 24.3 Å². The van der Waals surface area contributed by atoms with Crippen LogP contribution >= 0.6 is 0 Å². The number of aromatic nitrogens is 2. The van der Waals surface area contributed by atoms with Crippen molar-refractivity contribution < 1.29 is 4.74 Å². The summed E-state index contributed by atoms with van der Waals surface area (Å²) in [5, 5.41) is 4.60. The van der Waals surface area contributed by atoms with Crippen LogP contribution < -0.4 is 16.0 Å². The highest BCUT2D eigenvalue weighted by Gasteiger charge is 2.20. The molecule has 0 bridgehead atoms. The van der Waals surface area contributed by atoms with Gasteiger partial charge in [0.25, 0.3) is 0 Å². The van der Waals surface area contributed by atoms with Gasteiger partial charge in [0.2, 0.25) is 0 Å². The van der Waals surface area contributed by atoms with Crippen LogP contribution in [0.1, 0.15) is 42.4 Å². The van der Waals surface area contributed by atoms with Crippen LogP contribution in [0.3, 0.4) is 0 Å². The molecule has 2 aromatic rings. The minimum Gasteiger partial charge on any atom is -0.497 e. The molecular formula is C16H24N4O. The molecule has 5 nitrogen and oxygen atoms in total. The maximum Gasteiger partial charge on any atom is 0.119 e. The predicted molar refractivity (Wildman–Crippen MR) is 84.2 cm³/mol. The van der Waals surface area contributed by atoms with Crippen molar-refractivity contribution in [3.8, 4) is 5.75 Å². The Morgan fingerprint density at radius 3 is 2.62 bits per heavy atom. The van der Waals surface area contributed by atoms with Gasteiger partial charge in [0.1, 0.15) is 5.75 Å². The molecule has 0 aliphatic heterocycles. The fourth-order valence-electron chi connectivity index (χ4n) is 2.58. The largest absolute Gasteiger partial charge is 0.497 e. The third-order valence-electron chi connectivity index (χ3n) is 3.77. The third kappa shape index (κ3) is 3.09. The first-order valence-electron chi connectivity index (χ1n) is 7.31. The Morgan fingerprint density at radius 2 is 2.10 bits per heavy atom. The SMILES string of the molecule is CCc1cc(C(NN)c2ccc(OC)cc2C)n(CC)n1. The normalized spacial score (nSPS) is 12.4. The number of nitrogens with zero attached hydrogens (tertiary/aromatic N) is 2. The fraction of sp³-hybridized carbons (Fsp3) is 0.438. The van der Waals surface area contributed by atoms with Crippen molar-refractivity contribution in [1.29, 1.82) is 0 Å². The average Bonchev–Trinajstić information content (AvgIpc) is 2.92. The van der Waals surface area contributed by atoms with Gasteiger partial charge in [0, 0.05) is 6.54 Å². The van der Waals surface area contributed by atoms with Gasteiger partial charge in [-0.2, -0.15) is 5.10 Å². The van der Waals surface area contributed by atoms with Crippen LogP contribution in [-0.4, -0.2) is 16.9 Å². The van der Waals surface area contributed by atoms with Crippen molar-refractivity contribution in [3.63, 3.8) is 0 Å². The van der Waals surface area contributed by atoms with Crippen molar-refractivity contribution in [2.75, 3.05) is 7.11 Å². The summed E-state index contributed by atoms with van der Waals surface area (Å²) < 4.78 is 7.27. The Balaban J connectivity index is 2.46. The van der Waals surface area contributed by atoms with Gasteiger partial charge in [0.05, 0.1) is 24.5 Å². The van der Waals surface area contributed by atoms with Gasteiger partial charge in [-0.3, -0.25) is 10.5 Å². The second-order valence-electron chi connectivity index (χ2n) is 5.05. The molecule has 1 unspecified atom stereocenters. The van der Waals surface area contributed by atoms with Crippen molar-refractivity contribution in [2.24, 2.45) is 5.84 Å². The molecule has 0 radical (unpaired) electrons. The maximum absolute atomic E-state index is 5.83. The molecule has 1 aromatic heterocycles. The summed E-state index contributed by atoms with van der Waals surface area (Å²) >= 11 is 0. The predicted octanol–water partition coefficient (Wildman–Crippen LogP) is 2.34. The zero-order valence-corrected chi connectivity index (χ0v) is 13.2. The van der Waals surface area contributed by atoms with Crippen LogP contribution in [0, 0.1) is 6.92 Å². The number of methoxy groups -OCH3 is 1. The Kier molecular flexibility index (Phi) is 4.98. The first-order chi connectivity index (χ1) is 10.1. The number of aryl methyl sites for hydroxylation is 3. The Morgan fingerprint density at radius 1 is 1.33 bits per heavy atom. The topological polar surface area (TPSA) is 65.1 Å². The molecule has 0 aliphatic rings. The van der Waals surface area contributed by atoms with Gasteiger partial charge in [0.15, 0.2) is 0 Å². The van der Waals surface area contributed by atoms with E-state index in [1.54, 1.807) is 7.11 Å². The molecule has 2 rings (SSSR count). The van der Waals surface area contributed by atoms with Crippen LogP contribution in [0.2, 0.25) is 0 Å². The van der Waals surface area contributed by atoms with E-state index in [9.17, 15) is 0 Å². The summed E-state index contributed by atoms with van der Waals surface area (Å²) in [6, 6.07) is 8.07. The van der Waals surface area contributed by atoms with E-state index in [0.29, 0.717) is 0 Å². The fourth-order valence-corrected chi connectivity index (χ4v) is 2.58. The van der Waals surface area contributed by atoms with E-state index in [1.165, 1.54) is 0 Å². The van der Waals surface area contributed by atoms with Crippen LogP contribution in [0.4, 0.5) is 0 Å². The van der Waals surface area contributed by atoms with Crippen molar-refractivity contribution >= 4 is 0 Å². The number of nitrogens with one attached hydrogen (secondary N) is 1. The number of benzene rings is 1. The molecule has 0 saturated heterocycles. The summed E-state index contributed by atoms with van der Waals surface area (Å²) in [6.45, 7) is 7.08. The zero-order chi connectivity index (χ0) is 15.4. The lowest BCUT2D eigenvalue weighted by Gasteiger charge is -2.20. The van der Waals surface area contributed by atoms with Crippen LogP contribution in [0.5, 0.6) is 5.75 Å². The van der Waals surface area contributed by atoms with E-state index < -0.39 is 0 Å². The first kappa shape index (κ1) is 15.5. The summed E-state index contributed by atoms with van der Waals surface area (Å²) in [4.78, 5) is 0. The number of hydrazine groups is 1. The minimum atomic E-state index is -0.0799. The molecule has 0 saturated carbocycles. The molecule has 114 valence electrons. The standard InChI is InChI=1S/C16H24N4O/c1-5-12-10-15(20(6-2)19-12)16(18-17)14-8-7-13(21-4)9-11(14)3/h7-10,16,18H,5-6,17H2,1-4H3. The summed E-state index contributed by atoms with van der Waals surface area (Å²) in [6.07, 6.45) is 0.916. The molecule has 21 heavy (non-hydrogen) atoms. The minimum absolute atomic E-state index is 0.0799. The summed E-state index contributed by atoms with van der Waals surface area (Å²) in [7, 11) is 1.67. The number of hydrogen-bond donors (Lipinski definition) is 2. The van der Waals surface area contributed by atoms with E-state index >= 15 is 0 Å². The Bertz CT molecular complexity index is 606. The average molecular weight is 288 g/mol. The second-order valence-corrected chi connectivity index (χ2v) is 5.05. The number of rotatable bonds is 6. The van der Waals surface area contributed by atoms with E-state index in [0.717, 1.165) is 41.2 Å². The summed E-state index contributed by atoms with van der Waals surface area (Å²) in [5.41, 5.74) is 7.37. The van der Waals surface area contributed by atoms with Gasteiger partial charge in [-0.15, -0.1) is 0 Å². The van der Waals surface area contributed by atoms with Crippen LogP contribution in [0.25, 0.3) is 0 Å². The summed E-state index contributed by atoms with van der Waals surface area (Å²) in [5.74, 6) is 6.68. The second kappa shape index (κ2) is 6.74. The van der Waals surface area contributed by atoms with E-state index in [1.807, 2.05) is 16.8 Å². The number of hydrogen-bond acceptors (Lipinski definition) is 4. The molecule has 1 aromatic carbocycles. The van der Waals surface area contributed by atoms with Gasteiger partial charge in [-0.25, -0.2) is 5.43 Å². The lowest BCUT2D eigenvalue weighted by Crippen LogP contribution is -2.31. The molecule has 1 atom stereocenters. The van der Waals surface area contributed by atoms with E-state index in [-0.39, 0.29) is 6.04 Å². The van der Waals surface area contributed by atoms with Crippen LogP contribution in [-0.2, 0) is 13.0 Å². The zero-order valence-electron chi connectivity index (χ0n) is 13.2. The monoisotopic (exact) mass is 288 g/mol. The molecule has 0 fully saturated rings. The van der Waals surface area contributed by atoms with Crippen molar-refractivity contribution in [2.45, 2.75) is 39.8 Å². The molecule has 5 heteroatoms. The highest BCUT2D eigenvalue weighted by atomic mass is 16.5. The first-order valence-corrected chi connectivity index (χ1v) is 7.31. The van der Waals surface area contributed by atoms with E-state index in [2.05, 4.69) is 43.4 Å². The third-order valence-corrected chi connectivity index (χ3v) is 3.77. The molecule has 0 aliphatic carbocycles. The van der Waals surface area contributed by atoms with Gasteiger partial charge < -0.3 is 4.74 Å². The maximum atomic E-state index is 5.83. The quantitative estimate of drug-likeness (QED) is 0.632. The van der Waals surface area contributed by atoms with Crippen molar-refractivity contribution in [3.05, 3.63) is 46.8 Å². The Labute approximate surface area is 126 Å². The van der Waals surface area contributed by atoms with Gasteiger partial charge in [-0.05, 0) is 49.6 Å². The van der Waals surface area contributed by atoms with Crippen molar-refractivity contribution in [1.82, 2.24) is 15.2 Å². The lowest BCUT2D eigenvalue weighted by molar-refractivity contribution is 0.414. The Hall–Kier alpha value is -1.85. The highest BCUT2D eigenvalue weighted by molar-refractivity contribution is 5.40. The lowest BCUT2D eigenvalue weighted by atomic mass is 9.98. The molecule has 1 heterocycles. The highest BCUT2D eigenvalue weighted by Crippen LogP contribution is 2.27. The van der Waals surface area contributed by atoms with E-state index in [4.69, 9.17) is 10.6 Å². The molecule has 3 N–H and O–H groups in total. The van der Waals surface area contributed by atoms with Gasteiger partial charge >= 0.3 is 0 Å². The van der Waals surface area contributed by atoms with Gasteiger partial charge in [-0.1, -0.05) is 13.0 Å². The molecule has 0 spiro atoms. The number of ether oxygens (including phenoxy) is 1. The molecule has 0 amide bonds. The number of nitrogens with two attached hydrogens (primary N) is 1.